The van der Waals surface area contributed by atoms with Crippen LogP contribution >= 0.6 is 12.2 Å². The van der Waals surface area contributed by atoms with Crippen LogP contribution in [0, 0.1) is 5.82 Å². The molecule has 2 aromatic carbocycles. The number of carbonyl (C=O) groups excluding carboxylic acids is 4. The number of benzene rings is 2. The van der Waals surface area contributed by atoms with Gasteiger partial charge in [-0.05, 0) is 42.5 Å². The van der Waals surface area contributed by atoms with Gasteiger partial charge in [-0.2, -0.15) is 0 Å². The van der Waals surface area contributed by atoms with E-state index in [9.17, 15) is 23.6 Å². The second-order valence-electron chi connectivity index (χ2n) is 6.80. The van der Waals surface area contributed by atoms with E-state index < -0.39 is 29.4 Å². The number of hydrogen-bond acceptors (Lipinski definition) is 5. The summed E-state index contributed by atoms with van der Waals surface area (Å²) in [5, 5.41) is 4.86. The number of fused-ring (bicyclic) bond motifs is 1. The minimum absolute atomic E-state index is 0.0160. The van der Waals surface area contributed by atoms with E-state index in [-0.39, 0.29) is 22.9 Å². The second kappa shape index (κ2) is 7.73. The molecule has 10 heteroatoms. The Bertz CT molecular complexity index is 1190. The Labute approximate surface area is 181 Å². The van der Waals surface area contributed by atoms with E-state index in [1.165, 1.54) is 36.1 Å². The molecule has 4 rings (SSSR count). The maximum Gasteiger partial charge on any atom is 0.275 e. The molecule has 0 atom stereocenters. The number of rotatable bonds is 3. The van der Waals surface area contributed by atoms with Gasteiger partial charge in [0.05, 0.1) is 11.3 Å². The maximum atomic E-state index is 13.3. The fourth-order valence-corrected chi connectivity index (χ4v) is 3.80. The summed E-state index contributed by atoms with van der Waals surface area (Å²) in [6.07, 6.45) is 0. The molecule has 0 aliphatic carbocycles. The first-order valence-electron chi connectivity index (χ1n) is 9.15. The summed E-state index contributed by atoms with van der Waals surface area (Å²) >= 11 is 5.05. The molecule has 0 unspecified atom stereocenters. The van der Waals surface area contributed by atoms with Crippen molar-refractivity contribution in [1.29, 1.82) is 0 Å². The van der Waals surface area contributed by atoms with Gasteiger partial charge in [0.1, 0.15) is 18.1 Å². The van der Waals surface area contributed by atoms with Crippen molar-refractivity contribution in [2.45, 2.75) is 6.92 Å². The summed E-state index contributed by atoms with van der Waals surface area (Å²) in [4.78, 5) is 52.6. The van der Waals surface area contributed by atoms with Crippen LogP contribution in [0.25, 0.3) is 5.57 Å². The number of hydrogen-bond donors (Lipinski definition) is 2. The predicted octanol–water partition coefficient (Wildman–Crippen LogP) is 1.79. The summed E-state index contributed by atoms with van der Waals surface area (Å²) in [5.41, 5.74) is 1.00. The highest BCUT2D eigenvalue weighted by atomic mass is 32.1. The topological polar surface area (TPSA) is 98.8 Å². The first-order chi connectivity index (χ1) is 14.8. The number of thiocarbonyl (C=S) groups is 1. The Morgan fingerprint density at radius 2 is 1.77 bits per heavy atom. The number of halogens is 1. The van der Waals surface area contributed by atoms with Gasteiger partial charge in [-0.25, -0.2) is 4.39 Å². The molecule has 2 aromatic rings. The number of nitrogens with one attached hydrogen (secondary N) is 2. The van der Waals surface area contributed by atoms with E-state index in [4.69, 9.17) is 12.2 Å². The Balaban J connectivity index is 1.70. The third kappa shape index (κ3) is 3.57. The quantitative estimate of drug-likeness (QED) is 0.562. The minimum atomic E-state index is -0.670. The minimum Gasteiger partial charge on any atom is -0.325 e. The van der Waals surface area contributed by atoms with Gasteiger partial charge in [0.25, 0.3) is 11.8 Å². The predicted molar refractivity (Wildman–Crippen MR) is 114 cm³/mol. The van der Waals surface area contributed by atoms with E-state index in [0.29, 0.717) is 16.9 Å². The molecule has 2 aliphatic rings. The summed E-state index contributed by atoms with van der Waals surface area (Å²) in [6.45, 7) is 0.878. The fraction of sp³-hybridized carbons (Fsp3) is 0.0952. The molecule has 0 radical (unpaired) electrons. The zero-order chi connectivity index (χ0) is 22.3. The normalized spacial score (nSPS) is 17.7. The third-order valence-electron chi connectivity index (χ3n) is 4.77. The van der Waals surface area contributed by atoms with E-state index in [1.54, 1.807) is 24.3 Å². The van der Waals surface area contributed by atoms with Crippen molar-refractivity contribution in [1.82, 2.24) is 10.2 Å². The Kier molecular flexibility index (Phi) is 5.07. The van der Waals surface area contributed by atoms with Crippen LogP contribution in [0.3, 0.4) is 0 Å². The van der Waals surface area contributed by atoms with Crippen LogP contribution in [0.5, 0.6) is 0 Å². The van der Waals surface area contributed by atoms with E-state index in [1.807, 2.05) is 0 Å². The zero-order valence-electron chi connectivity index (χ0n) is 16.1. The van der Waals surface area contributed by atoms with Crippen LogP contribution in [0.4, 0.5) is 15.8 Å². The highest BCUT2D eigenvalue weighted by Gasteiger charge is 2.43. The molecule has 2 aliphatic heterocycles. The van der Waals surface area contributed by atoms with Gasteiger partial charge in [0.15, 0.2) is 5.11 Å². The van der Waals surface area contributed by atoms with Crippen LogP contribution in [0.1, 0.15) is 12.5 Å². The maximum absolute atomic E-state index is 13.3. The molecule has 31 heavy (non-hydrogen) atoms. The smallest absolute Gasteiger partial charge is 0.275 e. The van der Waals surface area contributed by atoms with Crippen LogP contribution < -0.4 is 15.5 Å². The molecule has 2 N–H and O–H groups in total. The highest BCUT2D eigenvalue weighted by Crippen LogP contribution is 2.40. The van der Waals surface area contributed by atoms with Crippen LogP contribution in [-0.4, -0.2) is 40.2 Å². The summed E-state index contributed by atoms with van der Waals surface area (Å²) in [7, 11) is 0. The lowest BCUT2D eigenvalue weighted by Gasteiger charge is -2.17. The summed E-state index contributed by atoms with van der Waals surface area (Å²) in [5.74, 6) is -2.77. The average molecular weight is 438 g/mol. The molecule has 1 fully saturated rings. The van der Waals surface area contributed by atoms with Gasteiger partial charge >= 0.3 is 0 Å². The Morgan fingerprint density at radius 3 is 2.45 bits per heavy atom. The number of nitrogens with zero attached hydrogens (tertiary/aromatic N) is 2. The van der Waals surface area contributed by atoms with Crippen molar-refractivity contribution in [2.75, 3.05) is 16.8 Å². The van der Waals surface area contributed by atoms with Crippen molar-refractivity contribution in [3.05, 3.63) is 65.6 Å². The molecule has 0 aromatic heterocycles. The zero-order valence-corrected chi connectivity index (χ0v) is 17.0. The summed E-state index contributed by atoms with van der Waals surface area (Å²) < 4.78 is 13.1. The van der Waals surface area contributed by atoms with E-state index in [2.05, 4.69) is 10.6 Å². The molecular formula is C21H15FN4O4S. The van der Waals surface area contributed by atoms with Crippen LogP contribution in [-0.2, 0) is 19.2 Å². The van der Waals surface area contributed by atoms with Crippen molar-refractivity contribution in [3.8, 4) is 0 Å². The molecule has 8 nitrogen and oxygen atoms in total. The van der Waals surface area contributed by atoms with Gasteiger partial charge in [0, 0.05) is 18.2 Å². The Hall–Kier alpha value is -3.92. The molecule has 4 amide bonds. The first kappa shape index (κ1) is 20.4. The lowest BCUT2D eigenvalue weighted by Crippen LogP contribution is -2.36. The van der Waals surface area contributed by atoms with Crippen molar-refractivity contribution < 1.29 is 23.6 Å². The van der Waals surface area contributed by atoms with Crippen molar-refractivity contribution in [2.24, 2.45) is 0 Å². The van der Waals surface area contributed by atoms with Gasteiger partial charge in [-0.15, -0.1) is 0 Å². The number of para-hydroxylation sites is 1. The molecule has 156 valence electrons. The molecule has 0 bridgehead atoms. The molecule has 0 saturated carbocycles. The summed E-state index contributed by atoms with van der Waals surface area (Å²) in [6, 6.07) is 11.8. The molecule has 2 heterocycles. The third-order valence-corrected chi connectivity index (χ3v) is 5.05. The van der Waals surface area contributed by atoms with Crippen molar-refractivity contribution in [3.63, 3.8) is 0 Å². The van der Waals surface area contributed by atoms with Crippen molar-refractivity contribution >= 4 is 57.9 Å². The van der Waals surface area contributed by atoms with E-state index in [0.717, 1.165) is 4.90 Å². The SMILES string of the molecule is CC(=O)N1C(=S)NC(=O)/C1=C1/C(=O)N(CC(=O)Nc2ccc(F)cc2)c2ccccc21. The Morgan fingerprint density at radius 1 is 1.10 bits per heavy atom. The van der Waals surface area contributed by atoms with Gasteiger partial charge in [0.2, 0.25) is 11.8 Å². The standard InChI is InChI=1S/C21H15FN4O4S/c1-11(27)26-18(19(29)24-21(26)31)17-14-4-2-3-5-15(14)25(20(17)30)10-16(28)23-13-8-6-12(22)7-9-13/h2-9H,10H2,1H3,(H,23,28)(H,24,29,31)/b18-17-. The van der Waals surface area contributed by atoms with Crippen LogP contribution in [0.15, 0.2) is 54.2 Å². The van der Waals surface area contributed by atoms with Gasteiger partial charge in [-0.3, -0.25) is 34.3 Å². The molecular weight excluding hydrogens is 423 g/mol. The molecule has 1 saturated heterocycles. The average Bonchev–Trinajstić information content (AvgIpc) is 3.16. The fourth-order valence-electron chi connectivity index (χ4n) is 3.48. The monoisotopic (exact) mass is 438 g/mol. The second-order valence-corrected chi connectivity index (χ2v) is 7.19. The largest absolute Gasteiger partial charge is 0.325 e. The van der Waals surface area contributed by atoms with Crippen LogP contribution in [0.2, 0.25) is 0 Å². The van der Waals surface area contributed by atoms with Gasteiger partial charge in [-0.1, -0.05) is 18.2 Å². The number of carbonyl (C=O) groups is 4. The van der Waals surface area contributed by atoms with E-state index >= 15 is 0 Å². The molecule has 0 spiro atoms. The van der Waals surface area contributed by atoms with Gasteiger partial charge < -0.3 is 5.32 Å². The lowest BCUT2D eigenvalue weighted by atomic mass is 10.0. The number of amides is 4. The highest BCUT2D eigenvalue weighted by molar-refractivity contribution is 7.80. The lowest BCUT2D eigenvalue weighted by molar-refractivity contribution is -0.125. The number of anilines is 2. The first-order valence-corrected chi connectivity index (χ1v) is 9.55.